The third-order valence-electron chi connectivity index (χ3n) is 6.74. The normalized spacial score (nSPS) is 33.8. The van der Waals surface area contributed by atoms with Crippen LogP contribution < -0.4 is 0 Å². The topological polar surface area (TPSA) is 78.9 Å². The first-order valence-electron chi connectivity index (χ1n) is 10.0. The molecular formula is C21H31BrO6Si. The van der Waals surface area contributed by atoms with Crippen molar-refractivity contribution in [1.29, 1.82) is 0 Å². The summed E-state index contributed by atoms with van der Waals surface area (Å²) in [6, 6.07) is 0. The molecule has 2 fully saturated rings. The molecule has 1 heterocycles. The van der Waals surface area contributed by atoms with Gasteiger partial charge in [-0.25, -0.2) is 0 Å². The van der Waals surface area contributed by atoms with Gasteiger partial charge in [-0.2, -0.15) is 0 Å². The van der Waals surface area contributed by atoms with Crippen LogP contribution in [-0.4, -0.2) is 43.8 Å². The number of ketones is 1. The Kier molecular flexibility index (Phi) is 5.09. The second-order valence-corrected chi connectivity index (χ2v) is 16.5. The first-order chi connectivity index (χ1) is 13.0. The summed E-state index contributed by atoms with van der Waals surface area (Å²) in [5, 5.41) is 0.0539. The molecule has 3 rings (SSSR count). The van der Waals surface area contributed by atoms with Crippen LogP contribution >= 0.6 is 15.9 Å². The highest BCUT2D eigenvalue weighted by molar-refractivity contribution is 9.12. The highest BCUT2D eigenvalue weighted by Gasteiger charge is 2.90. The van der Waals surface area contributed by atoms with Crippen LogP contribution in [0.3, 0.4) is 0 Å². The van der Waals surface area contributed by atoms with E-state index in [2.05, 4.69) is 49.8 Å². The Morgan fingerprint density at radius 2 is 1.79 bits per heavy atom. The third kappa shape index (κ3) is 3.35. The summed E-state index contributed by atoms with van der Waals surface area (Å²) in [6.07, 6.45) is 2.06. The van der Waals surface area contributed by atoms with Crippen LogP contribution in [0.2, 0.25) is 18.1 Å². The molecule has 3 aliphatic rings. The quantitative estimate of drug-likeness (QED) is 0.330. The highest BCUT2D eigenvalue weighted by Crippen LogP contribution is 2.74. The van der Waals surface area contributed by atoms with E-state index in [1.54, 1.807) is 26.8 Å². The minimum absolute atomic E-state index is 0.0539. The lowest BCUT2D eigenvalue weighted by Crippen LogP contribution is -2.44. The molecule has 0 bridgehead atoms. The molecule has 1 aliphatic heterocycles. The molecule has 1 saturated carbocycles. The molecule has 0 unspecified atom stereocenters. The number of halogens is 1. The van der Waals surface area contributed by atoms with E-state index >= 15 is 0 Å². The summed E-state index contributed by atoms with van der Waals surface area (Å²) in [7, 11) is -1.98. The average molecular weight is 487 g/mol. The smallest absolute Gasteiger partial charge is 0.325 e. The zero-order chi connectivity index (χ0) is 22.2. The molecule has 4 atom stereocenters. The van der Waals surface area contributed by atoms with Crippen LogP contribution in [-0.2, 0) is 28.3 Å². The maximum absolute atomic E-state index is 13.0. The molecule has 0 aromatic heterocycles. The van der Waals surface area contributed by atoms with Gasteiger partial charge < -0.3 is 13.9 Å². The van der Waals surface area contributed by atoms with Gasteiger partial charge in [0.05, 0.1) is 10.4 Å². The summed E-state index contributed by atoms with van der Waals surface area (Å²) in [5.41, 5.74) is -3.32. The number of rotatable bonds is 5. The van der Waals surface area contributed by atoms with E-state index in [9.17, 15) is 14.4 Å². The van der Waals surface area contributed by atoms with Gasteiger partial charge in [0.25, 0.3) is 0 Å². The van der Waals surface area contributed by atoms with E-state index in [0.29, 0.717) is 17.5 Å². The average Bonchev–Trinajstić information content (AvgIpc) is 3.16. The number of carbonyl (C=O) groups excluding carboxylic acids is 3. The number of fused-ring (bicyclic) bond motifs is 1. The van der Waals surface area contributed by atoms with E-state index in [1.165, 1.54) is 0 Å². The predicted octanol–water partition coefficient (Wildman–Crippen LogP) is 4.13. The zero-order valence-electron chi connectivity index (χ0n) is 18.5. The van der Waals surface area contributed by atoms with Crippen molar-refractivity contribution in [1.82, 2.24) is 0 Å². The molecule has 162 valence electrons. The minimum Gasteiger partial charge on any atom is -0.459 e. The Morgan fingerprint density at radius 1 is 1.21 bits per heavy atom. The Hall–Kier alpha value is -0.993. The van der Waals surface area contributed by atoms with E-state index < -0.39 is 48.7 Å². The van der Waals surface area contributed by atoms with Crippen LogP contribution in [0, 0.1) is 17.3 Å². The molecular weight excluding hydrogens is 456 g/mol. The molecule has 0 radical (unpaired) electrons. The molecule has 0 spiro atoms. The van der Waals surface area contributed by atoms with E-state index in [4.69, 9.17) is 13.9 Å². The third-order valence-corrected chi connectivity index (χ3v) is 11.9. The van der Waals surface area contributed by atoms with Gasteiger partial charge in [0.15, 0.2) is 19.5 Å². The van der Waals surface area contributed by atoms with Crippen LogP contribution in [0.25, 0.3) is 0 Å². The molecule has 2 aliphatic carbocycles. The predicted molar refractivity (Wildman–Crippen MR) is 114 cm³/mol. The Balaban J connectivity index is 1.87. The van der Waals surface area contributed by atoms with Crippen molar-refractivity contribution in [3.63, 3.8) is 0 Å². The Morgan fingerprint density at radius 3 is 2.31 bits per heavy atom. The maximum atomic E-state index is 13.0. The largest absolute Gasteiger partial charge is 0.459 e. The van der Waals surface area contributed by atoms with Gasteiger partial charge in [-0.05, 0) is 60.9 Å². The number of allylic oxidation sites excluding steroid dienone is 1. The van der Waals surface area contributed by atoms with Crippen LogP contribution in [0.1, 0.15) is 48.0 Å². The van der Waals surface area contributed by atoms with Crippen LogP contribution in [0.5, 0.6) is 0 Å². The monoisotopic (exact) mass is 486 g/mol. The van der Waals surface area contributed by atoms with Crippen LogP contribution in [0.4, 0.5) is 0 Å². The van der Waals surface area contributed by atoms with Gasteiger partial charge in [-0.1, -0.05) is 20.8 Å². The summed E-state index contributed by atoms with van der Waals surface area (Å²) < 4.78 is 17.9. The van der Waals surface area contributed by atoms with Gasteiger partial charge in [0.1, 0.15) is 11.2 Å². The van der Waals surface area contributed by atoms with Gasteiger partial charge in [-0.3, -0.25) is 14.4 Å². The molecule has 0 amide bonds. The van der Waals surface area contributed by atoms with Crippen molar-refractivity contribution in [2.24, 2.45) is 17.3 Å². The molecule has 8 heteroatoms. The second-order valence-electron chi connectivity index (χ2n) is 10.9. The summed E-state index contributed by atoms with van der Waals surface area (Å²) in [5.74, 6) is -2.82. The van der Waals surface area contributed by atoms with Gasteiger partial charge in [0.2, 0.25) is 0 Å². The van der Waals surface area contributed by atoms with Crippen molar-refractivity contribution < 1.29 is 28.3 Å². The van der Waals surface area contributed by atoms with Crippen molar-refractivity contribution >= 4 is 42.0 Å². The number of hydrogen-bond donors (Lipinski definition) is 0. The van der Waals surface area contributed by atoms with Crippen molar-refractivity contribution in [2.75, 3.05) is 6.61 Å². The fourth-order valence-electron chi connectivity index (χ4n) is 4.20. The first kappa shape index (κ1) is 22.7. The van der Waals surface area contributed by atoms with E-state index in [0.717, 1.165) is 0 Å². The lowest BCUT2D eigenvalue weighted by Gasteiger charge is -2.38. The van der Waals surface area contributed by atoms with Gasteiger partial charge >= 0.3 is 11.9 Å². The van der Waals surface area contributed by atoms with Crippen molar-refractivity contribution in [3.8, 4) is 0 Å². The molecule has 0 aromatic rings. The Labute approximate surface area is 182 Å². The fourth-order valence-corrected chi connectivity index (χ4v) is 5.88. The number of esters is 2. The molecule has 1 saturated heterocycles. The summed E-state index contributed by atoms with van der Waals surface area (Å²) in [4.78, 5) is 38.6. The van der Waals surface area contributed by atoms with E-state index in [1.807, 2.05) is 0 Å². The molecule has 0 aromatic carbocycles. The van der Waals surface area contributed by atoms with Crippen molar-refractivity contribution in [3.05, 3.63) is 10.6 Å². The first-order valence-corrected chi connectivity index (χ1v) is 13.7. The number of carbonyl (C=O) groups is 3. The molecule has 6 nitrogen and oxygen atoms in total. The number of hydrogen-bond acceptors (Lipinski definition) is 6. The molecule has 0 N–H and O–H groups in total. The van der Waals surface area contributed by atoms with Gasteiger partial charge in [-0.15, -0.1) is 0 Å². The molecule has 29 heavy (non-hydrogen) atoms. The SMILES string of the molecule is CC(C)(C)OC(=O)[C@]12C(=O)O[C@]3(CCO[Si](C)(C)C(C)(C)C)C=C(Br)C(=O)[C@H]1[C@H]23. The zero-order valence-corrected chi connectivity index (χ0v) is 21.1. The summed E-state index contributed by atoms with van der Waals surface area (Å²) in [6.45, 7) is 16.4. The second kappa shape index (κ2) is 6.50. The Bertz CT molecular complexity index is 805. The van der Waals surface area contributed by atoms with E-state index in [-0.39, 0.29) is 10.8 Å². The fraction of sp³-hybridized carbons (Fsp3) is 0.762. The van der Waals surface area contributed by atoms with Crippen LogP contribution in [0.15, 0.2) is 10.6 Å². The lowest BCUT2D eigenvalue weighted by atomic mass is 9.87. The number of ether oxygens (including phenoxy) is 2. The standard InChI is InChI=1S/C21H31BrO6Si/c1-18(2,3)27-16(24)21-13-14(23)12(22)11-20(15(13)21,28-17(21)25)9-10-26-29(7,8)19(4,5)6/h11,13,15H,9-10H2,1-8H3/t13-,15-,20+,21-/m0/s1. The van der Waals surface area contributed by atoms with Gasteiger partial charge in [0, 0.05) is 18.9 Å². The minimum atomic E-state index is -1.98. The highest BCUT2D eigenvalue weighted by atomic mass is 79.9. The van der Waals surface area contributed by atoms with Crippen molar-refractivity contribution in [2.45, 2.75) is 77.3 Å². The number of Topliss-reactive ketones (excluding diaryl/α,β-unsaturated/α-hetero) is 1. The maximum Gasteiger partial charge on any atom is 0.325 e. The lowest BCUT2D eigenvalue weighted by molar-refractivity contribution is -0.172. The summed E-state index contributed by atoms with van der Waals surface area (Å²) >= 11 is 3.31.